The van der Waals surface area contributed by atoms with E-state index in [0.29, 0.717) is 5.92 Å². The number of hydrogen-bond acceptors (Lipinski definition) is 2. The number of nitrogens with one attached hydrogen (secondary N) is 1. The van der Waals surface area contributed by atoms with Crippen LogP contribution in [-0.2, 0) is 6.54 Å². The lowest BCUT2D eigenvalue weighted by atomic mass is 10.1. The molecule has 0 bridgehead atoms. The molecular weight excluding hydrogens is 210 g/mol. The molecule has 0 fully saturated rings. The van der Waals surface area contributed by atoms with Crippen LogP contribution in [0.15, 0.2) is 18.2 Å². The Kier molecular flexibility index (Phi) is 6.06. The van der Waals surface area contributed by atoms with Crippen molar-refractivity contribution >= 4 is 0 Å². The second-order valence-corrected chi connectivity index (χ2v) is 4.92. The van der Waals surface area contributed by atoms with Crippen molar-refractivity contribution < 1.29 is 4.74 Å². The largest absolute Gasteiger partial charge is 0.493 e. The normalized spacial score (nSPS) is 10.9. The molecule has 1 rings (SSSR count). The van der Waals surface area contributed by atoms with Gasteiger partial charge in [0.05, 0.1) is 6.61 Å². The highest BCUT2D eigenvalue weighted by Crippen LogP contribution is 2.20. The summed E-state index contributed by atoms with van der Waals surface area (Å²) < 4.78 is 5.86. The molecule has 0 aliphatic carbocycles. The van der Waals surface area contributed by atoms with Gasteiger partial charge in [-0.2, -0.15) is 0 Å². The smallest absolute Gasteiger partial charge is 0.123 e. The molecule has 2 heteroatoms. The second kappa shape index (κ2) is 7.33. The predicted octanol–water partition coefficient (Wildman–Crippen LogP) is 3.53. The maximum Gasteiger partial charge on any atom is 0.123 e. The van der Waals surface area contributed by atoms with Gasteiger partial charge < -0.3 is 10.1 Å². The lowest BCUT2D eigenvalue weighted by Crippen LogP contribution is -2.13. The van der Waals surface area contributed by atoms with Crippen LogP contribution < -0.4 is 10.1 Å². The Morgan fingerprint density at radius 3 is 2.71 bits per heavy atom. The van der Waals surface area contributed by atoms with Crippen molar-refractivity contribution in [2.75, 3.05) is 13.2 Å². The van der Waals surface area contributed by atoms with Gasteiger partial charge in [0.1, 0.15) is 5.75 Å². The summed E-state index contributed by atoms with van der Waals surface area (Å²) in [6, 6.07) is 6.40. The minimum atomic E-state index is 0.692. The highest BCUT2D eigenvalue weighted by molar-refractivity contribution is 5.36. The van der Waals surface area contributed by atoms with E-state index in [0.717, 1.165) is 31.9 Å². The Labute approximate surface area is 105 Å². The molecule has 1 aromatic rings. The van der Waals surface area contributed by atoms with Gasteiger partial charge in [-0.05, 0) is 31.9 Å². The average Bonchev–Trinajstić information content (AvgIpc) is 2.28. The molecule has 0 saturated heterocycles. The van der Waals surface area contributed by atoms with E-state index < -0.39 is 0 Å². The van der Waals surface area contributed by atoms with Gasteiger partial charge in [-0.25, -0.2) is 0 Å². The maximum atomic E-state index is 5.86. The molecule has 2 nitrogen and oxygen atoms in total. The van der Waals surface area contributed by atoms with Crippen LogP contribution in [0.3, 0.4) is 0 Å². The summed E-state index contributed by atoms with van der Waals surface area (Å²) in [6.45, 7) is 11.4. The highest BCUT2D eigenvalue weighted by Gasteiger charge is 2.04. The van der Waals surface area contributed by atoms with E-state index in [1.54, 1.807) is 0 Å². The summed E-state index contributed by atoms with van der Waals surface area (Å²) in [7, 11) is 0. The lowest BCUT2D eigenvalue weighted by molar-refractivity contribution is 0.286. The SMILES string of the molecule is CCNCc1cc(C)ccc1OCCC(C)C. The van der Waals surface area contributed by atoms with Gasteiger partial charge in [0.2, 0.25) is 0 Å². The number of benzene rings is 1. The van der Waals surface area contributed by atoms with Crippen LogP contribution >= 0.6 is 0 Å². The van der Waals surface area contributed by atoms with E-state index in [-0.39, 0.29) is 0 Å². The van der Waals surface area contributed by atoms with Crippen molar-refractivity contribution in [3.63, 3.8) is 0 Å². The summed E-state index contributed by atoms with van der Waals surface area (Å²) >= 11 is 0. The first kappa shape index (κ1) is 14.0. The van der Waals surface area contributed by atoms with E-state index >= 15 is 0 Å². The van der Waals surface area contributed by atoms with Gasteiger partial charge in [0.25, 0.3) is 0 Å². The van der Waals surface area contributed by atoms with Gasteiger partial charge in [-0.15, -0.1) is 0 Å². The van der Waals surface area contributed by atoms with E-state index in [4.69, 9.17) is 4.74 Å². The third-order valence-corrected chi connectivity index (χ3v) is 2.73. The fourth-order valence-electron chi connectivity index (χ4n) is 1.65. The van der Waals surface area contributed by atoms with Crippen molar-refractivity contribution in [2.24, 2.45) is 5.92 Å². The molecule has 0 amide bonds. The van der Waals surface area contributed by atoms with Crippen LogP contribution in [0.2, 0.25) is 0 Å². The molecule has 17 heavy (non-hydrogen) atoms. The third-order valence-electron chi connectivity index (χ3n) is 2.73. The minimum absolute atomic E-state index is 0.692. The van der Waals surface area contributed by atoms with Crippen LogP contribution in [0.5, 0.6) is 5.75 Å². The fraction of sp³-hybridized carbons (Fsp3) is 0.600. The van der Waals surface area contributed by atoms with Crippen LogP contribution in [0.1, 0.15) is 38.3 Å². The Hall–Kier alpha value is -1.02. The summed E-state index contributed by atoms with van der Waals surface area (Å²) in [5.74, 6) is 1.72. The molecule has 0 atom stereocenters. The summed E-state index contributed by atoms with van der Waals surface area (Å²) in [6.07, 6.45) is 1.11. The summed E-state index contributed by atoms with van der Waals surface area (Å²) in [4.78, 5) is 0. The lowest BCUT2D eigenvalue weighted by Gasteiger charge is -2.13. The second-order valence-electron chi connectivity index (χ2n) is 4.92. The first-order valence-corrected chi connectivity index (χ1v) is 6.56. The topological polar surface area (TPSA) is 21.3 Å². The van der Waals surface area contributed by atoms with Gasteiger partial charge in [0, 0.05) is 12.1 Å². The number of aryl methyl sites for hydroxylation is 1. The van der Waals surface area contributed by atoms with E-state index in [2.05, 4.69) is 51.2 Å². The van der Waals surface area contributed by atoms with Crippen LogP contribution in [0.25, 0.3) is 0 Å². The van der Waals surface area contributed by atoms with Gasteiger partial charge in [0.15, 0.2) is 0 Å². The van der Waals surface area contributed by atoms with E-state index in [9.17, 15) is 0 Å². The van der Waals surface area contributed by atoms with Crippen LogP contribution in [-0.4, -0.2) is 13.2 Å². The first-order chi connectivity index (χ1) is 8.13. The monoisotopic (exact) mass is 235 g/mol. The Balaban J connectivity index is 2.62. The standard InChI is InChI=1S/C15H25NO/c1-5-16-11-14-10-13(4)6-7-15(14)17-9-8-12(2)3/h6-7,10,12,16H,5,8-9,11H2,1-4H3. The Morgan fingerprint density at radius 2 is 2.06 bits per heavy atom. The van der Waals surface area contributed by atoms with Crippen molar-refractivity contribution in [1.29, 1.82) is 0 Å². The van der Waals surface area contributed by atoms with Gasteiger partial charge >= 0.3 is 0 Å². The van der Waals surface area contributed by atoms with Crippen molar-refractivity contribution in [2.45, 2.75) is 40.7 Å². The quantitative estimate of drug-likeness (QED) is 0.780. The van der Waals surface area contributed by atoms with Crippen LogP contribution in [0.4, 0.5) is 0 Å². The molecule has 1 N–H and O–H groups in total. The van der Waals surface area contributed by atoms with E-state index in [1.165, 1.54) is 11.1 Å². The van der Waals surface area contributed by atoms with E-state index in [1.807, 2.05) is 0 Å². The Bertz CT molecular complexity index is 334. The van der Waals surface area contributed by atoms with Crippen molar-refractivity contribution in [1.82, 2.24) is 5.32 Å². The molecule has 0 spiro atoms. The average molecular weight is 235 g/mol. The minimum Gasteiger partial charge on any atom is -0.493 e. The molecule has 0 heterocycles. The highest BCUT2D eigenvalue weighted by atomic mass is 16.5. The zero-order chi connectivity index (χ0) is 12.7. The molecule has 0 aliphatic rings. The Morgan fingerprint density at radius 1 is 1.29 bits per heavy atom. The number of rotatable bonds is 7. The molecule has 0 aliphatic heterocycles. The molecule has 0 aromatic heterocycles. The van der Waals surface area contributed by atoms with Crippen molar-refractivity contribution in [3.8, 4) is 5.75 Å². The predicted molar refractivity (Wildman–Crippen MR) is 73.5 cm³/mol. The molecule has 96 valence electrons. The summed E-state index contributed by atoms with van der Waals surface area (Å²) in [5.41, 5.74) is 2.55. The third kappa shape index (κ3) is 5.22. The van der Waals surface area contributed by atoms with Gasteiger partial charge in [-0.3, -0.25) is 0 Å². The number of hydrogen-bond donors (Lipinski definition) is 1. The maximum absolute atomic E-state index is 5.86. The van der Waals surface area contributed by atoms with Crippen molar-refractivity contribution in [3.05, 3.63) is 29.3 Å². The zero-order valence-corrected chi connectivity index (χ0v) is 11.5. The zero-order valence-electron chi connectivity index (χ0n) is 11.5. The first-order valence-electron chi connectivity index (χ1n) is 6.56. The summed E-state index contributed by atoms with van der Waals surface area (Å²) in [5, 5.41) is 3.35. The molecule has 0 saturated carbocycles. The van der Waals surface area contributed by atoms with Crippen LogP contribution in [0, 0.1) is 12.8 Å². The number of ether oxygens (including phenoxy) is 1. The molecule has 1 aromatic carbocycles. The molecular formula is C15H25NO. The fourth-order valence-corrected chi connectivity index (χ4v) is 1.65. The molecule has 0 radical (unpaired) electrons. The molecule has 0 unspecified atom stereocenters. The van der Waals surface area contributed by atoms with Gasteiger partial charge in [-0.1, -0.05) is 38.5 Å².